The quantitative estimate of drug-likeness (QED) is 0.0252. The van der Waals surface area contributed by atoms with Gasteiger partial charge in [0, 0.05) is 51.9 Å². The molecule has 0 N–H and O–H groups in total. The molecule has 2 rings (SSSR count). The lowest BCUT2D eigenvalue weighted by atomic mass is 10.0. The van der Waals surface area contributed by atoms with E-state index < -0.39 is 17.2 Å². The van der Waals surface area contributed by atoms with Crippen LogP contribution in [0.3, 0.4) is 0 Å². The smallest absolute Gasteiger partial charge is 0.306 e. The van der Waals surface area contributed by atoms with Gasteiger partial charge in [0.2, 0.25) is 0 Å². The average Bonchev–Trinajstić information content (AvgIpc) is 3.85. The van der Waals surface area contributed by atoms with E-state index in [1.807, 2.05) is 0 Å². The molecule has 2 heterocycles. The van der Waals surface area contributed by atoms with Crippen LogP contribution in [-0.4, -0.2) is 73.4 Å². The fourth-order valence-corrected chi connectivity index (χ4v) is 7.32. The number of unbranched alkanes of at least 4 members (excludes halogenated alkanes) is 20. The number of cyclic esters (lactones) is 2. The Labute approximate surface area is 380 Å². The number of allylic oxidation sites excluding steroid dienone is 4. The van der Waals surface area contributed by atoms with Crippen molar-refractivity contribution in [2.45, 2.75) is 238 Å². The summed E-state index contributed by atoms with van der Waals surface area (Å²) < 4.78 is 31.4. The van der Waals surface area contributed by atoms with Crippen LogP contribution in [0.15, 0.2) is 24.3 Å². The summed E-state index contributed by atoms with van der Waals surface area (Å²) in [7, 11) is 0. The minimum Gasteiger partial charge on any atom is -0.461 e. The van der Waals surface area contributed by atoms with Crippen molar-refractivity contribution >= 4 is 35.8 Å². The van der Waals surface area contributed by atoms with E-state index in [-0.39, 0.29) is 75.5 Å². The number of carbonyl (C=O) groups excluding carboxylic acids is 6. The molecule has 0 bridgehead atoms. The van der Waals surface area contributed by atoms with Crippen LogP contribution in [0.1, 0.15) is 227 Å². The number of rotatable bonds is 37. The molecule has 12 nitrogen and oxygen atoms in total. The van der Waals surface area contributed by atoms with Gasteiger partial charge < -0.3 is 28.4 Å². The molecular weight excluding hydrogens is 805 g/mol. The van der Waals surface area contributed by atoms with Crippen LogP contribution in [0.25, 0.3) is 0 Å². The first-order valence-corrected chi connectivity index (χ1v) is 24.8. The molecule has 0 amide bonds. The minimum atomic E-state index is -1.03. The maximum Gasteiger partial charge on any atom is 0.306 e. The topological polar surface area (TPSA) is 158 Å². The molecule has 0 aromatic carbocycles. The van der Waals surface area contributed by atoms with Crippen LogP contribution < -0.4 is 0 Å². The van der Waals surface area contributed by atoms with Gasteiger partial charge in [-0.1, -0.05) is 154 Å². The third kappa shape index (κ3) is 31.7. The molecule has 2 aliphatic rings. The van der Waals surface area contributed by atoms with Crippen LogP contribution in [0.5, 0.6) is 0 Å². The van der Waals surface area contributed by atoms with Crippen molar-refractivity contribution in [3.63, 3.8) is 0 Å². The standard InChI is InChI=1S/C27H44O6.C24H42O6/c1-3-5-6-7-8-9-10-11-12-13-14-15-16-17-18-19-25(29)32-23-27(21-20-26(30)33-27)22-31-24(28)4-2;1-3-4-5-6-7-8-9-10-11-12-13-14-15-16-22(26)29-20-24(19-28-21(2)25)18-17-23(27)30-24/h8-9,11-12H,3-7,10,13-23H2,1-2H3;3-20H2,1-2H3/b9-8-,12-11-;. The second-order valence-corrected chi connectivity index (χ2v) is 17.4. The molecule has 2 aliphatic heterocycles. The summed E-state index contributed by atoms with van der Waals surface area (Å²) in [5, 5.41) is 0. The van der Waals surface area contributed by atoms with E-state index in [0.29, 0.717) is 25.7 Å². The summed E-state index contributed by atoms with van der Waals surface area (Å²) in [6.07, 6.45) is 40.1. The number of ether oxygens (including phenoxy) is 6. The maximum atomic E-state index is 12.1. The maximum absolute atomic E-state index is 12.1. The molecule has 0 radical (unpaired) electrons. The predicted octanol–water partition coefficient (Wildman–Crippen LogP) is 12.0. The molecule has 2 saturated heterocycles. The van der Waals surface area contributed by atoms with Crippen LogP contribution >= 0.6 is 0 Å². The van der Waals surface area contributed by atoms with E-state index in [0.717, 1.165) is 57.8 Å². The van der Waals surface area contributed by atoms with Crippen molar-refractivity contribution in [1.82, 2.24) is 0 Å². The van der Waals surface area contributed by atoms with Gasteiger partial charge in [0.1, 0.15) is 26.4 Å². The average molecular weight is 891 g/mol. The first kappa shape index (κ1) is 57.3. The molecule has 0 spiro atoms. The Balaban J connectivity index is 0.000000633. The highest BCUT2D eigenvalue weighted by atomic mass is 16.6. The number of hydrogen-bond donors (Lipinski definition) is 0. The van der Waals surface area contributed by atoms with Crippen molar-refractivity contribution in [3.8, 4) is 0 Å². The Bertz CT molecular complexity index is 1320. The fourth-order valence-electron chi connectivity index (χ4n) is 7.32. The number of hydrogen-bond acceptors (Lipinski definition) is 12. The Hall–Kier alpha value is -3.70. The van der Waals surface area contributed by atoms with Gasteiger partial charge in [0.25, 0.3) is 0 Å². The highest BCUT2D eigenvalue weighted by Crippen LogP contribution is 2.29. The van der Waals surface area contributed by atoms with E-state index in [9.17, 15) is 28.8 Å². The molecule has 0 aromatic rings. The molecule has 2 unspecified atom stereocenters. The van der Waals surface area contributed by atoms with Crippen LogP contribution in [-0.2, 0) is 57.2 Å². The Morgan fingerprint density at radius 1 is 0.476 bits per heavy atom. The Morgan fingerprint density at radius 3 is 1.21 bits per heavy atom. The van der Waals surface area contributed by atoms with Crippen molar-refractivity contribution in [2.24, 2.45) is 0 Å². The van der Waals surface area contributed by atoms with Gasteiger partial charge in [0.15, 0.2) is 11.2 Å². The van der Waals surface area contributed by atoms with Gasteiger partial charge >= 0.3 is 35.8 Å². The van der Waals surface area contributed by atoms with Crippen molar-refractivity contribution < 1.29 is 57.2 Å². The zero-order valence-corrected chi connectivity index (χ0v) is 40.0. The van der Waals surface area contributed by atoms with E-state index in [2.05, 4.69) is 38.2 Å². The van der Waals surface area contributed by atoms with Crippen LogP contribution in [0.4, 0.5) is 0 Å². The molecule has 0 saturated carbocycles. The van der Waals surface area contributed by atoms with Gasteiger partial charge in [-0.3, -0.25) is 28.8 Å². The summed E-state index contributed by atoms with van der Waals surface area (Å²) in [6.45, 7) is 7.22. The van der Waals surface area contributed by atoms with Gasteiger partial charge in [-0.15, -0.1) is 0 Å². The third-order valence-electron chi connectivity index (χ3n) is 11.4. The van der Waals surface area contributed by atoms with Gasteiger partial charge in [-0.2, -0.15) is 0 Å². The zero-order chi connectivity index (χ0) is 46.3. The van der Waals surface area contributed by atoms with E-state index in [1.165, 1.54) is 103 Å². The fraction of sp³-hybridized carbons (Fsp3) is 0.804. The highest BCUT2D eigenvalue weighted by molar-refractivity contribution is 5.74. The monoisotopic (exact) mass is 891 g/mol. The molecule has 0 aromatic heterocycles. The second kappa shape index (κ2) is 37.7. The van der Waals surface area contributed by atoms with Gasteiger partial charge in [-0.25, -0.2) is 0 Å². The summed E-state index contributed by atoms with van der Waals surface area (Å²) in [6, 6.07) is 0. The second-order valence-electron chi connectivity index (χ2n) is 17.4. The van der Waals surface area contributed by atoms with Crippen molar-refractivity contribution in [1.29, 1.82) is 0 Å². The highest BCUT2D eigenvalue weighted by Gasteiger charge is 2.44. The summed E-state index contributed by atoms with van der Waals surface area (Å²) in [5.74, 6) is -2.11. The zero-order valence-electron chi connectivity index (χ0n) is 40.0. The lowest BCUT2D eigenvalue weighted by Crippen LogP contribution is -2.41. The summed E-state index contributed by atoms with van der Waals surface area (Å²) in [4.78, 5) is 69.5. The first-order valence-electron chi connectivity index (χ1n) is 24.8. The predicted molar refractivity (Wildman–Crippen MR) is 246 cm³/mol. The molecule has 12 heteroatoms. The molecule has 2 atom stereocenters. The van der Waals surface area contributed by atoms with E-state index >= 15 is 0 Å². The SMILES string of the molecule is CCCCC/C=C\C/C=C\CCCCCCCC(=O)OCC1(COC(=O)CC)CCC(=O)O1.CCCCCCCCCCCCCCCC(=O)OCC1(COC(C)=O)CCC(=O)O1. The molecule has 0 aliphatic carbocycles. The lowest BCUT2D eigenvalue weighted by molar-refractivity contribution is -0.173. The Morgan fingerprint density at radius 2 is 0.825 bits per heavy atom. The normalized spacial score (nSPS) is 18.2. The third-order valence-corrected chi connectivity index (χ3v) is 11.4. The van der Waals surface area contributed by atoms with Crippen LogP contribution in [0.2, 0.25) is 0 Å². The number of esters is 6. The molecule has 63 heavy (non-hydrogen) atoms. The van der Waals surface area contributed by atoms with Gasteiger partial charge in [0.05, 0.1) is 0 Å². The number of carbonyl (C=O) groups is 6. The largest absolute Gasteiger partial charge is 0.461 e. The van der Waals surface area contributed by atoms with E-state index in [1.54, 1.807) is 6.92 Å². The van der Waals surface area contributed by atoms with E-state index in [4.69, 9.17) is 28.4 Å². The molecule has 2 fully saturated rings. The molecular formula is C51H86O12. The minimum absolute atomic E-state index is 0.0523. The summed E-state index contributed by atoms with van der Waals surface area (Å²) >= 11 is 0. The summed E-state index contributed by atoms with van der Waals surface area (Å²) in [5.41, 5.74) is -2.05. The van der Waals surface area contributed by atoms with Crippen molar-refractivity contribution in [2.75, 3.05) is 26.4 Å². The Kier molecular flexibility index (Phi) is 34.3. The van der Waals surface area contributed by atoms with Gasteiger partial charge in [-0.05, 0) is 44.9 Å². The first-order chi connectivity index (χ1) is 30.5. The van der Waals surface area contributed by atoms with Crippen LogP contribution in [0, 0.1) is 0 Å². The lowest BCUT2D eigenvalue weighted by Gasteiger charge is -2.26. The van der Waals surface area contributed by atoms with Crippen molar-refractivity contribution in [3.05, 3.63) is 24.3 Å². The molecule has 362 valence electrons.